The molecule has 0 aromatic rings. The topological polar surface area (TPSA) is 73.0 Å². The lowest BCUT2D eigenvalue weighted by Crippen LogP contribution is -2.51. The normalized spacial score (nSPS) is 30.9. The fourth-order valence-electron chi connectivity index (χ4n) is 5.16. The van der Waals surface area contributed by atoms with Crippen LogP contribution in [0.25, 0.3) is 0 Å². The molecule has 29 heavy (non-hydrogen) atoms. The number of nitrogens with one attached hydrogen (secondary N) is 1. The monoisotopic (exact) mass is 428 g/mol. The highest BCUT2D eigenvalue weighted by Crippen LogP contribution is 2.24. The number of hydrogen-bond donors (Lipinski definition) is 1. The zero-order chi connectivity index (χ0) is 20.9. The lowest BCUT2D eigenvalue weighted by atomic mass is 9.97. The van der Waals surface area contributed by atoms with Crippen LogP contribution in [0.3, 0.4) is 0 Å². The van der Waals surface area contributed by atoms with Crippen molar-refractivity contribution in [2.24, 2.45) is 5.92 Å². The minimum atomic E-state index is -3.42. The number of piperidine rings is 3. The Labute approximate surface area is 177 Å². The fraction of sp³-hybridized carbons (Fsp3) is 0.952. The van der Waals surface area contributed by atoms with Gasteiger partial charge in [0.15, 0.2) is 0 Å². The van der Waals surface area contributed by atoms with Gasteiger partial charge in [0.05, 0.1) is 5.92 Å². The van der Waals surface area contributed by atoms with Crippen LogP contribution in [0.2, 0.25) is 0 Å². The van der Waals surface area contributed by atoms with Crippen molar-refractivity contribution in [2.45, 2.75) is 83.7 Å². The van der Waals surface area contributed by atoms with Crippen molar-refractivity contribution in [3.63, 3.8) is 0 Å². The van der Waals surface area contributed by atoms with Crippen molar-refractivity contribution in [3.8, 4) is 0 Å². The van der Waals surface area contributed by atoms with E-state index in [0.29, 0.717) is 44.8 Å². The zero-order valence-corrected chi connectivity index (χ0v) is 19.1. The van der Waals surface area contributed by atoms with E-state index in [0.717, 1.165) is 45.1 Å². The highest BCUT2D eigenvalue weighted by molar-refractivity contribution is 7.86. The number of nitrogens with zero attached hydrogens (tertiary/aromatic N) is 3. The maximum atomic E-state index is 12.9. The highest BCUT2D eigenvalue weighted by Gasteiger charge is 2.36. The smallest absolute Gasteiger partial charge is 0.281 e. The van der Waals surface area contributed by atoms with Crippen LogP contribution in [0.5, 0.6) is 0 Å². The summed E-state index contributed by atoms with van der Waals surface area (Å²) in [6.45, 7) is 8.37. The summed E-state index contributed by atoms with van der Waals surface area (Å²) in [5.74, 6) is -0.209. The van der Waals surface area contributed by atoms with Gasteiger partial charge in [-0.3, -0.25) is 9.69 Å². The highest BCUT2D eigenvalue weighted by atomic mass is 32.2. The summed E-state index contributed by atoms with van der Waals surface area (Å²) >= 11 is 0. The van der Waals surface area contributed by atoms with Gasteiger partial charge in [0.25, 0.3) is 10.2 Å². The Hall–Kier alpha value is -0.700. The Kier molecular flexibility index (Phi) is 8.36. The van der Waals surface area contributed by atoms with Crippen molar-refractivity contribution in [2.75, 3.05) is 39.3 Å². The van der Waals surface area contributed by atoms with Gasteiger partial charge in [0.1, 0.15) is 0 Å². The summed E-state index contributed by atoms with van der Waals surface area (Å²) in [6, 6.07) is 1.25. The van der Waals surface area contributed by atoms with E-state index in [1.807, 2.05) is 0 Å². The van der Waals surface area contributed by atoms with Crippen LogP contribution in [0.15, 0.2) is 0 Å². The summed E-state index contributed by atoms with van der Waals surface area (Å²) in [6.07, 6.45) is 9.30. The molecule has 0 aromatic carbocycles. The molecular weight excluding hydrogens is 388 g/mol. The third-order valence-corrected chi connectivity index (χ3v) is 8.99. The second-order valence-corrected chi connectivity index (χ2v) is 11.1. The Morgan fingerprint density at radius 1 is 0.897 bits per heavy atom. The molecule has 0 bridgehead atoms. The van der Waals surface area contributed by atoms with Crippen molar-refractivity contribution in [3.05, 3.63) is 0 Å². The number of likely N-dealkylation sites (tertiary alicyclic amines) is 1. The first-order valence-electron chi connectivity index (χ1n) is 11.7. The Balaban J connectivity index is 1.43. The number of hydrogen-bond acceptors (Lipinski definition) is 4. The van der Waals surface area contributed by atoms with Gasteiger partial charge < -0.3 is 5.32 Å². The summed E-state index contributed by atoms with van der Waals surface area (Å²) in [4.78, 5) is 15.2. The van der Waals surface area contributed by atoms with Crippen LogP contribution in [-0.4, -0.2) is 79.2 Å². The van der Waals surface area contributed by atoms with Crippen molar-refractivity contribution in [1.29, 1.82) is 0 Å². The summed E-state index contributed by atoms with van der Waals surface area (Å²) in [5.41, 5.74) is 0. The molecule has 3 saturated heterocycles. The van der Waals surface area contributed by atoms with E-state index in [1.54, 1.807) is 8.61 Å². The van der Waals surface area contributed by atoms with Crippen LogP contribution < -0.4 is 5.32 Å². The predicted molar refractivity (Wildman–Crippen MR) is 116 cm³/mol. The number of amides is 1. The largest absolute Gasteiger partial charge is 0.356 e. The molecule has 0 aliphatic carbocycles. The lowest BCUT2D eigenvalue weighted by molar-refractivity contribution is -0.126. The average molecular weight is 429 g/mol. The second kappa shape index (κ2) is 10.6. The van der Waals surface area contributed by atoms with E-state index >= 15 is 0 Å². The number of rotatable bonds is 7. The molecule has 0 radical (unpaired) electrons. The first kappa shape index (κ1) is 23.0. The van der Waals surface area contributed by atoms with Crippen molar-refractivity contribution < 1.29 is 13.2 Å². The van der Waals surface area contributed by atoms with E-state index in [9.17, 15) is 13.2 Å². The predicted octanol–water partition coefficient (Wildman–Crippen LogP) is 2.20. The molecule has 3 atom stereocenters. The molecular formula is C21H40N4O3S. The SMILES string of the molecule is C[C@@H]1CCC[C@H](C)N1CCCNC(=O)[C@H]1CCCN(S(=O)(=O)N2CCCCC2)C1. The van der Waals surface area contributed by atoms with Gasteiger partial charge in [-0.1, -0.05) is 12.8 Å². The molecule has 3 aliphatic rings. The molecule has 0 spiro atoms. The first-order valence-corrected chi connectivity index (χ1v) is 13.1. The van der Waals surface area contributed by atoms with E-state index in [2.05, 4.69) is 24.1 Å². The molecule has 8 heteroatoms. The molecule has 0 saturated carbocycles. The van der Waals surface area contributed by atoms with E-state index in [1.165, 1.54) is 19.3 Å². The lowest BCUT2D eigenvalue weighted by Gasteiger charge is -2.39. The Morgan fingerprint density at radius 2 is 1.55 bits per heavy atom. The third-order valence-electron chi connectivity index (χ3n) is 6.99. The molecule has 3 rings (SSSR count). The summed E-state index contributed by atoms with van der Waals surface area (Å²) < 4.78 is 29.0. The van der Waals surface area contributed by atoms with Crippen molar-refractivity contribution >= 4 is 16.1 Å². The van der Waals surface area contributed by atoms with Crippen LogP contribution in [-0.2, 0) is 15.0 Å². The van der Waals surface area contributed by atoms with Gasteiger partial charge in [0.2, 0.25) is 5.91 Å². The van der Waals surface area contributed by atoms with Crippen molar-refractivity contribution in [1.82, 2.24) is 18.8 Å². The molecule has 0 aromatic heterocycles. The molecule has 7 nitrogen and oxygen atoms in total. The van der Waals surface area contributed by atoms with Crippen LogP contribution in [0.1, 0.15) is 71.6 Å². The van der Waals surface area contributed by atoms with Gasteiger partial charge in [-0.25, -0.2) is 0 Å². The summed E-state index contributed by atoms with van der Waals surface area (Å²) in [5, 5.41) is 3.07. The molecule has 3 heterocycles. The average Bonchev–Trinajstić information content (AvgIpc) is 2.73. The molecule has 3 aliphatic heterocycles. The van der Waals surface area contributed by atoms with Crippen LogP contribution >= 0.6 is 0 Å². The van der Waals surface area contributed by atoms with Gasteiger partial charge >= 0.3 is 0 Å². The molecule has 0 unspecified atom stereocenters. The minimum absolute atomic E-state index is 0.0169. The standard InChI is InChI=1S/C21H40N4O3S/c1-18-9-6-10-19(2)25(18)16-8-12-22-21(26)20-11-7-15-24(17-20)29(27,28)23-13-4-3-5-14-23/h18-20H,3-17H2,1-2H3,(H,22,26)/t18-,19+,20-/m0/s1. The molecule has 3 fully saturated rings. The quantitative estimate of drug-likeness (QED) is 0.631. The zero-order valence-electron chi connectivity index (χ0n) is 18.3. The summed E-state index contributed by atoms with van der Waals surface area (Å²) in [7, 11) is -3.42. The maximum absolute atomic E-state index is 12.9. The molecule has 1 amide bonds. The van der Waals surface area contributed by atoms with Crippen LogP contribution in [0.4, 0.5) is 0 Å². The van der Waals surface area contributed by atoms with Gasteiger partial charge in [-0.05, 0) is 58.8 Å². The van der Waals surface area contributed by atoms with Gasteiger partial charge in [-0.15, -0.1) is 0 Å². The first-order chi connectivity index (χ1) is 13.9. The van der Waals surface area contributed by atoms with Gasteiger partial charge in [-0.2, -0.15) is 17.0 Å². The molecule has 168 valence electrons. The second-order valence-electron chi connectivity index (χ2n) is 9.18. The molecule has 1 N–H and O–H groups in total. The van der Waals surface area contributed by atoms with E-state index in [4.69, 9.17) is 0 Å². The maximum Gasteiger partial charge on any atom is 0.281 e. The minimum Gasteiger partial charge on any atom is -0.356 e. The van der Waals surface area contributed by atoms with Crippen LogP contribution in [0, 0.1) is 5.92 Å². The number of carbonyl (C=O) groups excluding carboxylic acids is 1. The Morgan fingerprint density at radius 3 is 2.24 bits per heavy atom. The Bertz CT molecular complexity index is 626. The third kappa shape index (κ3) is 5.93. The van der Waals surface area contributed by atoms with E-state index < -0.39 is 10.2 Å². The van der Waals surface area contributed by atoms with Gasteiger partial charge in [0, 0.05) is 51.4 Å². The number of carbonyl (C=O) groups is 1. The fourth-order valence-corrected chi connectivity index (χ4v) is 6.93. The van der Waals surface area contributed by atoms with E-state index in [-0.39, 0.29) is 11.8 Å².